The highest BCUT2D eigenvalue weighted by Crippen LogP contribution is 2.46. The molecule has 0 spiro atoms. The van der Waals surface area contributed by atoms with Crippen molar-refractivity contribution in [2.45, 2.75) is 5.92 Å². The van der Waals surface area contributed by atoms with E-state index in [-0.39, 0.29) is 12.5 Å². The lowest BCUT2D eigenvalue weighted by molar-refractivity contribution is 0.153. The van der Waals surface area contributed by atoms with E-state index in [0.29, 0.717) is 0 Å². The van der Waals surface area contributed by atoms with Gasteiger partial charge in [0, 0.05) is 14.9 Å². The van der Waals surface area contributed by atoms with E-state index in [9.17, 15) is 4.79 Å². The van der Waals surface area contributed by atoms with Gasteiger partial charge < -0.3 is 10.5 Å². The Balaban J connectivity index is 2.11. The van der Waals surface area contributed by atoms with Gasteiger partial charge in [-0.1, -0.05) is 44.0 Å². The minimum Gasteiger partial charge on any atom is -0.449 e. The average Bonchev–Trinajstić information content (AvgIpc) is 2.68. The minimum absolute atomic E-state index is 0.0162. The summed E-state index contributed by atoms with van der Waals surface area (Å²) in [7, 11) is 0. The standard InChI is InChI=1S/C15H11Br2NO2/c16-8-1-3-10-11-4-2-9(17)6-13(11)14(12(10)5-8)7-20-15(18)19/h1-6,14H,7H2,(H2,18,19). The molecule has 0 aliphatic heterocycles. The molecule has 5 heteroatoms. The van der Waals surface area contributed by atoms with Crippen LogP contribution in [0.15, 0.2) is 45.3 Å². The first kappa shape index (κ1) is 13.6. The van der Waals surface area contributed by atoms with Crippen LogP contribution >= 0.6 is 31.9 Å². The molecule has 1 amide bonds. The molecule has 0 radical (unpaired) electrons. The monoisotopic (exact) mass is 395 g/mol. The Bertz CT molecular complexity index is 649. The van der Waals surface area contributed by atoms with Crippen molar-refractivity contribution in [3.8, 4) is 11.1 Å². The summed E-state index contributed by atoms with van der Waals surface area (Å²) in [6.45, 7) is 0.252. The zero-order chi connectivity index (χ0) is 14.3. The Morgan fingerprint density at radius 2 is 1.55 bits per heavy atom. The number of hydrogen-bond donors (Lipinski definition) is 1. The van der Waals surface area contributed by atoms with Gasteiger partial charge in [0.2, 0.25) is 0 Å². The van der Waals surface area contributed by atoms with E-state index in [1.807, 2.05) is 12.1 Å². The molecule has 2 N–H and O–H groups in total. The van der Waals surface area contributed by atoms with Crippen molar-refractivity contribution in [2.24, 2.45) is 5.73 Å². The molecule has 2 aromatic carbocycles. The minimum atomic E-state index is -0.745. The molecule has 0 heterocycles. The predicted molar refractivity (Wildman–Crippen MR) is 84.7 cm³/mol. The zero-order valence-corrected chi connectivity index (χ0v) is 13.6. The summed E-state index contributed by atoms with van der Waals surface area (Å²) in [5.74, 6) is 0.0162. The van der Waals surface area contributed by atoms with Crippen LogP contribution in [0.2, 0.25) is 0 Å². The fraction of sp³-hybridized carbons (Fsp3) is 0.133. The molecule has 2 aromatic rings. The van der Waals surface area contributed by atoms with E-state index >= 15 is 0 Å². The third-order valence-electron chi connectivity index (χ3n) is 3.46. The summed E-state index contributed by atoms with van der Waals surface area (Å²) in [5.41, 5.74) is 9.73. The quantitative estimate of drug-likeness (QED) is 0.816. The van der Waals surface area contributed by atoms with E-state index in [1.54, 1.807) is 0 Å². The first-order valence-electron chi connectivity index (χ1n) is 6.08. The van der Waals surface area contributed by atoms with Crippen molar-refractivity contribution in [3.63, 3.8) is 0 Å². The maximum absolute atomic E-state index is 10.9. The van der Waals surface area contributed by atoms with Gasteiger partial charge in [-0.15, -0.1) is 0 Å². The highest BCUT2D eigenvalue weighted by molar-refractivity contribution is 9.10. The number of ether oxygens (including phenoxy) is 1. The van der Waals surface area contributed by atoms with Crippen LogP contribution in [0.4, 0.5) is 4.79 Å². The van der Waals surface area contributed by atoms with Gasteiger partial charge in [0.1, 0.15) is 6.61 Å². The molecule has 0 fully saturated rings. The fourth-order valence-corrected chi connectivity index (χ4v) is 3.40. The number of nitrogens with two attached hydrogens (primary N) is 1. The van der Waals surface area contributed by atoms with Gasteiger partial charge >= 0.3 is 6.09 Å². The van der Waals surface area contributed by atoms with Crippen LogP contribution in [0.5, 0.6) is 0 Å². The molecule has 0 saturated heterocycles. The molecule has 0 unspecified atom stereocenters. The number of carbonyl (C=O) groups is 1. The Morgan fingerprint density at radius 1 is 1.05 bits per heavy atom. The topological polar surface area (TPSA) is 52.3 Å². The lowest BCUT2D eigenvalue weighted by Crippen LogP contribution is -2.17. The fourth-order valence-electron chi connectivity index (χ4n) is 2.65. The van der Waals surface area contributed by atoms with Crippen molar-refractivity contribution < 1.29 is 9.53 Å². The highest BCUT2D eigenvalue weighted by Gasteiger charge is 2.29. The average molecular weight is 397 g/mol. The summed E-state index contributed by atoms with van der Waals surface area (Å²) in [4.78, 5) is 10.9. The second-order valence-corrected chi connectivity index (χ2v) is 6.48. The first-order valence-corrected chi connectivity index (χ1v) is 7.66. The van der Waals surface area contributed by atoms with Gasteiger partial charge in [-0.05, 0) is 46.5 Å². The summed E-state index contributed by atoms with van der Waals surface area (Å²) in [6, 6.07) is 12.3. The Morgan fingerprint density at radius 3 is 2.00 bits per heavy atom. The maximum atomic E-state index is 10.9. The number of benzene rings is 2. The highest BCUT2D eigenvalue weighted by atomic mass is 79.9. The Hall–Kier alpha value is -1.33. The van der Waals surface area contributed by atoms with Gasteiger partial charge in [-0.25, -0.2) is 4.79 Å². The van der Waals surface area contributed by atoms with Crippen LogP contribution in [-0.2, 0) is 4.74 Å². The SMILES string of the molecule is NC(=O)OCC1c2cc(Br)ccc2-c2ccc(Br)cc21. The molecule has 3 nitrogen and oxygen atoms in total. The summed E-state index contributed by atoms with van der Waals surface area (Å²) >= 11 is 6.98. The van der Waals surface area contributed by atoms with Crippen LogP contribution in [-0.4, -0.2) is 12.7 Å². The number of amides is 1. The van der Waals surface area contributed by atoms with Crippen molar-refractivity contribution in [1.29, 1.82) is 0 Å². The Kier molecular flexibility index (Phi) is 3.56. The number of rotatable bonds is 2. The van der Waals surface area contributed by atoms with Crippen LogP contribution in [0.25, 0.3) is 11.1 Å². The van der Waals surface area contributed by atoms with E-state index in [0.717, 1.165) is 20.1 Å². The van der Waals surface area contributed by atoms with Crippen molar-refractivity contribution >= 4 is 38.0 Å². The molecule has 1 aliphatic rings. The van der Waals surface area contributed by atoms with E-state index < -0.39 is 6.09 Å². The molecule has 0 bridgehead atoms. The molecule has 1 aliphatic carbocycles. The molecule has 0 saturated carbocycles. The number of carbonyl (C=O) groups excluding carboxylic acids is 1. The second-order valence-electron chi connectivity index (χ2n) is 4.65. The van der Waals surface area contributed by atoms with Gasteiger partial charge in [-0.3, -0.25) is 0 Å². The molecule has 3 rings (SSSR count). The van der Waals surface area contributed by atoms with Crippen molar-refractivity contribution in [1.82, 2.24) is 0 Å². The lowest BCUT2D eigenvalue weighted by Gasteiger charge is -2.13. The molecular formula is C15H11Br2NO2. The molecule has 0 aromatic heterocycles. The van der Waals surface area contributed by atoms with E-state index in [2.05, 4.69) is 56.1 Å². The van der Waals surface area contributed by atoms with Crippen molar-refractivity contribution in [2.75, 3.05) is 6.61 Å². The molecular weight excluding hydrogens is 386 g/mol. The summed E-state index contributed by atoms with van der Waals surface area (Å²) < 4.78 is 7.04. The van der Waals surface area contributed by atoms with Crippen molar-refractivity contribution in [3.05, 3.63) is 56.5 Å². The van der Waals surface area contributed by atoms with Gasteiger partial charge in [-0.2, -0.15) is 0 Å². The second kappa shape index (κ2) is 5.22. The zero-order valence-electron chi connectivity index (χ0n) is 10.4. The number of fused-ring (bicyclic) bond motifs is 3. The number of primary amides is 1. The van der Waals surface area contributed by atoms with Gasteiger partial charge in [0.05, 0.1) is 0 Å². The van der Waals surface area contributed by atoms with Crippen LogP contribution < -0.4 is 5.73 Å². The smallest absolute Gasteiger partial charge is 0.404 e. The van der Waals surface area contributed by atoms with Crippen LogP contribution in [0, 0.1) is 0 Å². The predicted octanol–water partition coefficient (Wildman–Crippen LogP) is 4.42. The molecule has 0 atom stereocenters. The van der Waals surface area contributed by atoms with E-state index in [4.69, 9.17) is 10.5 Å². The summed E-state index contributed by atoms with van der Waals surface area (Å²) in [6.07, 6.45) is -0.745. The maximum Gasteiger partial charge on any atom is 0.404 e. The molecule has 20 heavy (non-hydrogen) atoms. The molecule has 102 valence electrons. The van der Waals surface area contributed by atoms with E-state index in [1.165, 1.54) is 11.1 Å². The largest absolute Gasteiger partial charge is 0.449 e. The first-order chi connectivity index (χ1) is 9.56. The Labute approximate surface area is 133 Å². The summed E-state index contributed by atoms with van der Waals surface area (Å²) in [5, 5.41) is 0. The van der Waals surface area contributed by atoms with Gasteiger partial charge in [0.15, 0.2) is 0 Å². The number of hydrogen-bond acceptors (Lipinski definition) is 2. The lowest BCUT2D eigenvalue weighted by atomic mass is 9.98. The van der Waals surface area contributed by atoms with Crippen LogP contribution in [0.3, 0.4) is 0 Å². The van der Waals surface area contributed by atoms with Crippen LogP contribution in [0.1, 0.15) is 17.0 Å². The van der Waals surface area contributed by atoms with Gasteiger partial charge in [0.25, 0.3) is 0 Å². The third-order valence-corrected chi connectivity index (χ3v) is 4.45. The number of halogens is 2. The normalized spacial score (nSPS) is 12.9. The third kappa shape index (κ3) is 2.36.